The molecule has 4 nitrogen and oxygen atoms in total. The van der Waals surface area contributed by atoms with Crippen molar-refractivity contribution in [3.05, 3.63) is 82.1 Å². The van der Waals surface area contributed by atoms with Crippen molar-refractivity contribution in [2.24, 2.45) is 0 Å². The van der Waals surface area contributed by atoms with E-state index < -0.39 is 0 Å². The van der Waals surface area contributed by atoms with Crippen LogP contribution >= 0.6 is 15.9 Å². The lowest BCUT2D eigenvalue weighted by atomic mass is 10.2. The highest BCUT2D eigenvalue weighted by atomic mass is 79.9. The predicted molar refractivity (Wildman–Crippen MR) is 106 cm³/mol. The van der Waals surface area contributed by atoms with Crippen molar-refractivity contribution in [3.63, 3.8) is 0 Å². The zero-order chi connectivity index (χ0) is 17.8. The second-order valence-electron chi connectivity index (χ2n) is 5.89. The molecule has 1 heterocycles. The third kappa shape index (κ3) is 4.45. The number of hydrogen-bond donors (Lipinski definition) is 2. The van der Waals surface area contributed by atoms with Crippen molar-refractivity contribution in [2.45, 2.75) is 13.8 Å². The molecule has 2 N–H and O–H groups in total. The molecule has 0 saturated heterocycles. The zero-order valence-corrected chi connectivity index (χ0v) is 15.6. The van der Waals surface area contributed by atoms with Gasteiger partial charge in [-0.3, -0.25) is 9.78 Å². The van der Waals surface area contributed by atoms with Crippen LogP contribution in [0, 0.1) is 13.8 Å². The molecule has 126 valence electrons. The highest BCUT2D eigenvalue weighted by Gasteiger charge is 2.08. The van der Waals surface area contributed by atoms with Gasteiger partial charge in [0.15, 0.2) is 0 Å². The van der Waals surface area contributed by atoms with Crippen molar-refractivity contribution in [3.8, 4) is 0 Å². The number of carbonyl (C=O) groups is 1. The van der Waals surface area contributed by atoms with Gasteiger partial charge in [-0.2, -0.15) is 0 Å². The molecule has 0 aliphatic heterocycles. The molecule has 0 aliphatic carbocycles. The molecule has 0 fully saturated rings. The summed E-state index contributed by atoms with van der Waals surface area (Å²) in [6.45, 7) is 4.04. The second-order valence-corrected chi connectivity index (χ2v) is 6.75. The van der Waals surface area contributed by atoms with Crippen molar-refractivity contribution in [2.75, 3.05) is 10.6 Å². The minimum atomic E-state index is -0.192. The first-order valence-electron chi connectivity index (χ1n) is 7.87. The van der Waals surface area contributed by atoms with E-state index >= 15 is 0 Å². The molecule has 1 aromatic heterocycles. The Balaban J connectivity index is 1.76. The van der Waals surface area contributed by atoms with E-state index in [2.05, 4.69) is 31.5 Å². The predicted octanol–water partition coefficient (Wildman–Crippen LogP) is 5.46. The lowest BCUT2D eigenvalue weighted by molar-refractivity contribution is 0.102. The van der Waals surface area contributed by atoms with E-state index in [0.29, 0.717) is 5.56 Å². The number of carbonyl (C=O) groups excluding carboxylic acids is 1. The normalized spacial score (nSPS) is 10.4. The van der Waals surface area contributed by atoms with Gasteiger partial charge in [-0.25, -0.2) is 0 Å². The van der Waals surface area contributed by atoms with Gasteiger partial charge in [0.25, 0.3) is 5.91 Å². The molecule has 0 spiro atoms. The number of amides is 1. The van der Waals surface area contributed by atoms with Gasteiger partial charge in [-0.15, -0.1) is 0 Å². The molecule has 0 bridgehead atoms. The molecule has 2 aromatic carbocycles. The smallest absolute Gasteiger partial charge is 0.257 e. The highest BCUT2D eigenvalue weighted by molar-refractivity contribution is 9.10. The quantitative estimate of drug-likeness (QED) is 0.616. The number of anilines is 3. The first-order valence-corrected chi connectivity index (χ1v) is 8.67. The molecule has 0 unspecified atom stereocenters. The van der Waals surface area contributed by atoms with Crippen LogP contribution in [0.25, 0.3) is 0 Å². The summed E-state index contributed by atoms with van der Waals surface area (Å²) < 4.78 is 0.960. The molecule has 3 aromatic rings. The highest BCUT2D eigenvalue weighted by Crippen LogP contribution is 2.27. The van der Waals surface area contributed by atoms with Gasteiger partial charge >= 0.3 is 0 Å². The van der Waals surface area contributed by atoms with Crippen LogP contribution in [0.3, 0.4) is 0 Å². The van der Waals surface area contributed by atoms with Crippen LogP contribution in [0.4, 0.5) is 17.1 Å². The molecular weight excluding hydrogens is 378 g/mol. The van der Waals surface area contributed by atoms with Gasteiger partial charge in [0.2, 0.25) is 0 Å². The van der Waals surface area contributed by atoms with E-state index in [1.165, 1.54) is 5.56 Å². The average Bonchev–Trinajstić information content (AvgIpc) is 2.60. The Bertz CT molecular complexity index is 907. The number of pyridine rings is 1. The molecule has 5 heteroatoms. The number of aryl methyl sites for hydroxylation is 2. The number of benzene rings is 2. The third-order valence-corrected chi connectivity index (χ3v) is 4.37. The fraction of sp³-hybridized carbons (Fsp3) is 0.100. The molecule has 0 saturated carbocycles. The number of rotatable bonds is 4. The fourth-order valence-corrected chi connectivity index (χ4v) is 2.94. The summed E-state index contributed by atoms with van der Waals surface area (Å²) >= 11 is 3.54. The van der Waals surface area contributed by atoms with Crippen molar-refractivity contribution in [1.82, 2.24) is 4.98 Å². The Morgan fingerprint density at radius 3 is 2.36 bits per heavy atom. The first kappa shape index (κ1) is 17.2. The number of nitrogens with one attached hydrogen (secondary N) is 2. The lowest BCUT2D eigenvalue weighted by Gasteiger charge is -2.10. The standard InChI is InChI=1S/C20H18BrN3O/c1-13-3-6-16(7-4-13)24-20(25)15-10-17(12-22-11-15)23-19-8-5-14(2)9-18(19)21/h3-12,23H,1-2H3,(H,24,25). The van der Waals surface area contributed by atoms with Crippen LogP contribution in [-0.2, 0) is 0 Å². The molecule has 0 radical (unpaired) electrons. The maximum Gasteiger partial charge on any atom is 0.257 e. The molecule has 0 atom stereocenters. The largest absolute Gasteiger partial charge is 0.353 e. The number of nitrogens with zero attached hydrogens (tertiary/aromatic N) is 1. The summed E-state index contributed by atoms with van der Waals surface area (Å²) in [7, 11) is 0. The van der Waals surface area contributed by atoms with E-state index in [4.69, 9.17) is 0 Å². The summed E-state index contributed by atoms with van der Waals surface area (Å²) in [6, 6.07) is 15.5. The number of aromatic nitrogens is 1. The van der Waals surface area contributed by atoms with E-state index in [9.17, 15) is 4.79 Å². The first-order chi connectivity index (χ1) is 12.0. The Hall–Kier alpha value is -2.66. The van der Waals surface area contributed by atoms with Crippen LogP contribution in [0.5, 0.6) is 0 Å². The SMILES string of the molecule is Cc1ccc(NC(=O)c2cncc(Nc3ccc(C)cc3Br)c2)cc1. The van der Waals surface area contributed by atoms with Gasteiger partial charge < -0.3 is 10.6 Å². The summed E-state index contributed by atoms with van der Waals surface area (Å²) in [6.07, 6.45) is 3.24. The molecule has 25 heavy (non-hydrogen) atoms. The summed E-state index contributed by atoms with van der Waals surface area (Å²) in [5, 5.41) is 6.16. The lowest BCUT2D eigenvalue weighted by Crippen LogP contribution is -2.12. The molecule has 3 rings (SSSR count). The maximum absolute atomic E-state index is 12.4. The monoisotopic (exact) mass is 395 g/mol. The van der Waals surface area contributed by atoms with Crippen molar-refractivity contribution < 1.29 is 4.79 Å². The average molecular weight is 396 g/mol. The maximum atomic E-state index is 12.4. The van der Waals surface area contributed by atoms with Crippen molar-refractivity contribution >= 4 is 38.9 Å². The Morgan fingerprint density at radius 2 is 1.64 bits per heavy atom. The molecule has 1 amide bonds. The van der Waals surface area contributed by atoms with Crippen LogP contribution in [0.15, 0.2) is 65.4 Å². The van der Waals surface area contributed by atoms with Crippen LogP contribution < -0.4 is 10.6 Å². The van der Waals surface area contributed by atoms with Gasteiger partial charge in [0.1, 0.15) is 0 Å². The van der Waals surface area contributed by atoms with Gasteiger partial charge in [0.05, 0.1) is 23.1 Å². The number of hydrogen-bond acceptors (Lipinski definition) is 3. The van der Waals surface area contributed by atoms with E-state index in [1.54, 1.807) is 18.5 Å². The summed E-state index contributed by atoms with van der Waals surface area (Å²) in [4.78, 5) is 16.6. The van der Waals surface area contributed by atoms with Crippen LogP contribution in [0.2, 0.25) is 0 Å². The zero-order valence-electron chi connectivity index (χ0n) is 14.0. The van der Waals surface area contributed by atoms with Gasteiger partial charge in [-0.1, -0.05) is 23.8 Å². The topological polar surface area (TPSA) is 54.0 Å². The Kier molecular flexibility index (Phi) is 5.14. The van der Waals surface area contributed by atoms with E-state index in [-0.39, 0.29) is 5.91 Å². The van der Waals surface area contributed by atoms with E-state index in [1.807, 2.05) is 56.3 Å². The Morgan fingerprint density at radius 1 is 0.920 bits per heavy atom. The van der Waals surface area contributed by atoms with Crippen molar-refractivity contribution in [1.29, 1.82) is 0 Å². The fourth-order valence-electron chi connectivity index (χ4n) is 2.35. The van der Waals surface area contributed by atoms with Crippen LogP contribution in [0.1, 0.15) is 21.5 Å². The minimum absolute atomic E-state index is 0.192. The Labute approximate surface area is 155 Å². The van der Waals surface area contributed by atoms with Crippen LogP contribution in [-0.4, -0.2) is 10.9 Å². The molecule has 0 aliphatic rings. The summed E-state index contributed by atoms with van der Waals surface area (Å²) in [5.41, 5.74) is 5.24. The van der Waals surface area contributed by atoms with Gasteiger partial charge in [0, 0.05) is 16.4 Å². The molecular formula is C20H18BrN3O. The minimum Gasteiger partial charge on any atom is -0.353 e. The summed E-state index contributed by atoms with van der Waals surface area (Å²) in [5.74, 6) is -0.192. The second kappa shape index (κ2) is 7.49. The van der Waals surface area contributed by atoms with E-state index in [0.717, 1.165) is 27.1 Å². The van der Waals surface area contributed by atoms with Gasteiger partial charge in [-0.05, 0) is 65.7 Å². The number of halogens is 1. The third-order valence-electron chi connectivity index (χ3n) is 3.71.